The van der Waals surface area contributed by atoms with E-state index in [2.05, 4.69) is 27.3 Å². The molecule has 1 aliphatic heterocycles. The molecule has 5 nitrogen and oxygen atoms in total. The fourth-order valence-electron chi connectivity index (χ4n) is 3.14. The first kappa shape index (κ1) is 17.3. The molecule has 0 radical (unpaired) electrons. The van der Waals surface area contributed by atoms with E-state index in [1.807, 2.05) is 38.3 Å². The second-order valence-electron chi connectivity index (χ2n) is 7.02. The van der Waals surface area contributed by atoms with Gasteiger partial charge in [0.15, 0.2) is 0 Å². The van der Waals surface area contributed by atoms with Gasteiger partial charge in [-0.05, 0) is 64.6 Å². The quantitative estimate of drug-likeness (QED) is 0.785. The van der Waals surface area contributed by atoms with Crippen molar-refractivity contribution in [3.8, 4) is 0 Å². The number of aromatic nitrogens is 1. The molecule has 5 heteroatoms. The van der Waals surface area contributed by atoms with Crippen LogP contribution in [0.25, 0.3) is 0 Å². The van der Waals surface area contributed by atoms with Crippen LogP contribution in [0.5, 0.6) is 0 Å². The lowest BCUT2D eigenvalue weighted by molar-refractivity contribution is 0.0287. The summed E-state index contributed by atoms with van der Waals surface area (Å²) in [5, 5.41) is 13.9. The van der Waals surface area contributed by atoms with Crippen molar-refractivity contribution >= 4 is 0 Å². The highest BCUT2D eigenvalue weighted by Crippen LogP contribution is 2.14. The van der Waals surface area contributed by atoms with E-state index in [0.717, 1.165) is 32.5 Å². The third-order valence-corrected chi connectivity index (χ3v) is 4.17. The fraction of sp³-hybridized carbons (Fsp3) is 0.706. The van der Waals surface area contributed by atoms with Crippen molar-refractivity contribution in [1.29, 1.82) is 0 Å². The summed E-state index contributed by atoms with van der Waals surface area (Å²) in [6, 6.07) is 4.69. The minimum Gasteiger partial charge on any atom is -0.388 e. The molecule has 2 rings (SSSR count). The summed E-state index contributed by atoms with van der Waals surface area (Å²) in [6.45, 7) is 6.46. The standard InChI is InChI=1S/C17H30N4O/c1-17(22,14-20(2)3)13-19-16-6-10-21(11-7-16)12-15-4-8-18-9-5-15/h4-5,8-9,16,19,22H,6-7,10-14H2,1-3H3. The number of nitrogens with zero attached hydrogens (tertiary/aromatic N) is 3. The summed E-state index contributed by atoms with van der Waals surface area (Å²) in [5.41, 5.74) is 0.660. The largest absolute Gasteiger partial charge is 0.388 e. The minimum atomic E-state index is -0.669. The normalized spacial score (nSPS) is 20.2. The van der Waals surface area contributed by atoms with Crippen LogP contribution in [0.2, 0.25) is 0 Å². The molecule has 2 N–H and O–H groups in total. The summed E-state index contributed by atoms with van der Waals surface area (Å²) in [7, 11) is 3.98. The zero-order chi connectivity index (χ0) is 16.0. The van der Waals surface area contributed by atoms with Gasteiger partial charge in [-0.15, -0.1) is 0 Å². The Labute approximate surface area is 134 Å². The molecule has 0 aliphatic carbocycles. The van der Waals surface area contributed by atoms with E-state index < -0.39 is 5.60 Å². The lowest BCUT2D eigenvalue weighted by atomic mass is 10.0. The van der Waals surface area contributed by atoms with Gasteiger partial charge in [0, 0.05) is 38.1 Å². The molecule has 2 heterocycles. The molecular formula is C17H30N4O. The number of rotatable bonds is 7. The molecule has 1 saturated heterocycles. The maximum Gasteiger partial charge on any atom is 0.0869 e. The maximum atomic E-state index is 10.3. The second-order valence-corrected chi connectivity index (χ2v) is 7.02. The Hall–Kier alpha value is -1.01. The summed E-state index contributed by atoms with van der Waals surface area (Å²) < 4.78 is 0. The van der Waals surface area contributed by atoms with Crippen LogP contribution in [0.1, 0.15) is 25.3 Å². The number of hydrogen-bond donors (Lipinski definition) is 2. The van der Waals surface area contributed by atoms with E-state index in [4.69, 9.17) is 0 Å². The van der Waals surface area contributed by atoms with Crippen LogP contribution in [-0.4, -0.2) is 71.8 Å². The van der Waals surface area contributed by atoms with Crippen LogP contribution in [-0.2, 0) is 6.54 Å². The van der Waals surface area contributed by atoms with Gasteiger partial charge >= 0.3 is 0 Å². The number of hydrogen-bond acceptors (Lipinski definition) is 5. The van der Waals surface area contributed by atoms with Crippen LogP contribution < -0.4 is 5.32 Å². The Morgan fingerprint density at radius 2 is 1.95 bits per heavy atom. The Balaban J connectivity index is 1.69. The third-order valence-electron chi connectivity index (χ3n) is 4.17. The smallest absolute Gasteiger partial charge is 0.0869 e. The molecule has 22 heavy (non-hydrogen) atoms. The SMILES string of the molecule is CN(C)CC(C)(O)CNC1CCN(Cc2ccncc2)CC1. The average molecular weight is 306 g/mol. The first-order valence-corrected chi connectivity index (χ1v) is 8.16. The van der Waals surface area contributed by atoms with Crippen molar-refractivity contribution in [3.05, 3.63) is 30.1 Å². The van der Waals surface area contributed by atoms with Gasteiger partial charge < -0.3 is 15.3 Å². The Morgan fingerprint density at radius 1 is 1.32 bits per heavy atom. The fourth-order valence-corrected chi connectivity index (χ4v) is 3.14. The molecule has 1 aliphatic rings. The lowest BCUT2D eigenvalue weighted by Gasteiger charge is -2.35. The molecule has 124 valence electrons. The first-order chi connectivity index (χ1) is 10.4. The first-order valence-electron chi connectivity index (χ1n) is 8.16. The Morgan fingerprint density at radius 3 is 2.55 bits per heavy atom. The molecular weight excluding hydrogens is 276 g/mol. The van der Waals surface area contributed by atoms with Crippen molar-refractivity contribution in [3.63, 3.8) is 0 Å². The topological polar surface area (TPSA) is 51.6 Å². The molecule has 1 aromatic heterocycles. The predicted molar refractivity (Wildman–Crippen MR) is 89.7 cm³/mol. The number of nitrogens with one attached hydrogen (secondary N) is 1. The molecule has 1 fully saturated rings. The molecule has 0 saturated carbocycles. The minimum absolute atomic E-state index is 0.516. The van der Waals surface area contributed by atoms with Gasteiger partial charge in [-0.25, -0.2) is 0 Å². The molecule has 1 unspecified atom stereocenters. The molecule has 1 atom stereocenters. The Bertz CT molecular complexity index is 428. The van der Waals surface area contributed by atoms with Crippen LogP contribution in [0.4, 0.5) is 0 Å². The van der Waals surface area contributed by atoms with Gasteiger partial charge in [-0.3, -0.25) is 9.88 Å². The van der Waals surface area contributed by atoms with E-state index in [0.29, 0.717) is 19.1 Å². The van der Waals surface area contributed by atoms with E-state index in [9.17, 15) is 5.11 Å². The van der Waals surface area contributed by atoms with Gasteiger partial charge in [0.05, 0.1) is 5.60 Å². The summed E-state index contributed by atoms with van der Waals surface area (Å²) in [5.74, 6) is 0. The van der Waals surface area contributed by atoms with Crippen LogP contribution >= 0.6 is 0 Å². The van der Waals surface area contributed by atoms with Crippen molar-refractivity contribution in [2.75, 3.05) is 40.3 Å². The second kappa shape index (κ2) is 8.02. The van der Waals surface area contributed by atoms with Gasteiger partial charge in [-0.1, -0.05) is 0 Å². The molecule has 0 amide bonds. The van der Waals surface area contributed by atoms with Crippen molar-refractivity contribution in [1.82, 2.24) is 20.1 Å². The van der Waals surface area contributed by atoms with Gasteiger partial charge in [0.2, 0.25) is 0 Å². The number of pyridine rings is 1. The molecule has 0 aromatic carbocycles. The van der Waals surface area contributed by atoms with Gasteiger partial charge in [0.1, 0.15) is 0 Å². The zero-order valence-electron chi connectivity index (χ0n) is 14.1. The zero-order valence-corrected chi connectivity index (χ0v) is 14.1. The number of likely N-dealkylation sites (N-methyl/N-ethyl adjacent to an activating group) is 1. The predicted octanol–water partition coefficient (Wildman–Crippen LogP) is 0.948. The van der Waals surface area contributed by atoms with Gasteiger partial charge in [-0.2, -0.15) is 0 Å². The summed E-state index contributed by atoms with van der Waals surface area (Å²) >= 11 is 0. The highest BCUT2D eigenvalue weighted by Gasteiger charge is 2.24. The average Bonchev–Trinajstić information content (AvgIpc) is 2.46. The molecule has 0 spiro atoms. The van der Waals surface area contributed by atoms with E-state index in [1.165, 1.54) is 5.56 Å². The lowest BCUT2D eigenvalue weighted by Crippen LogP contribution is -2.50. The number of likely N-dealkylation sites (tertiary alicyclic amines) is 1. The van der Waals surface area contributed by atoms with E-state index in [-0.39, 0.29) is 0 Å². The highest BCUT2D eigenvalue weighted by atomic mass is 16.3. The third kappa shape index (κ3) is 6.01. The van der Waals surface area contributed by atoms with E-state index in [1.54, 1.807) is 0 Å². The highest BCUT2D eigenvalue weighted by molar-refractivity contribution is 5.09. The van der Waals surface area contributed by atoms with Crippen molar-refractivity contribution in [2.45, 2.75) is 38.0 Å². The van der Waals surface area contributed by atoms with Crippen molar-refractivity contribution < 1.29 is 5.11 Å². The molecule has 1 aromatic rings. The Kier molecular flexibility index (Phi) is 6.32. The maximum absolute atomic E-state index is 10.3. The van der Waals surface area contributed by atoms with Gasteiger partial charge in [0.25, 0.3) is 0 Å². The van der Waals surface area contributed by atoms with E-state index >= 15 is 0 Å². The van der Waals surface area contributed by atoms with Crippen molar-refractivity contribution in [2.24, 2.45) is 0 Å². The van der Waals surface area contributed by atoms with Crippen LogP contribution in [0.15, 0.2) is 24.5 Å². The number of aliphatic hydroxyl groups is 1. The van der Waals surface area contributed by atoms with Crippen LogP contribution in [0.3, 0.4) is 0 Å². The number of piperidine rings is 1. The summed E-state index contributed by atoms with van der Waals surface area (Å²) in [4.78, 5) is 8.58. The molecule has 0 bridgehead atoms. The van der Waals surface area contributed by atoms with Crippen LogP contribution in [0, 0.1) is 0 Å². The monoisotopic (exact) mass is 306 g/mol. The summed E-state index contributed by atoms with van der Waals surface area (Å²) in [6.07, 6.45) is 6.00.